The van der Waals surface area contributed by atoms with Crippen molar-refractivity contribution >= 4 is 0 Å². The minimum Gasteiger partial charge on any atom is -0.490 e. The van der Waals surface area contributed by atoms with Crippen molar-refractivity contribution in [2.24, 2.45) is 0 Å². The summed E-state index contributed by atoms with van der Waals surface area (Å²) < 4.78 is 19.2. The highest BCUT2D eigenvalue weighted by Gasteiger charge is 2.39. The van der Waals surface area contributed by atoms with Gasteiger partial charge in [0.1, 0.15) is 23.2 Å². The monoisotopic (exact) mass is 262 g/mol. The van der Waals surface area contributed by atoms with Crippen LogP contribution in [0.25, 0.3) is 0 Å². The quantitative estimate of drug-likeness (QED) is 0.907. The molecule has 102 valence electrons. The summed E-state index contributed by atoms with van der Waals surface area (Å²) in [7, 11) is 0. The lowest BCUT2D eigenvalue weighted by Gasteiger charge is -2.22. The van der Waals surface area contributed by atoms with E-state index in [0.717, 1.165) is 19.4 Å². The van der Waals surface area contributed by atoms with Gasteiger partial charge < -0.3 is 4.74 Å². The van der Waals surface area contributed by atoms with Crippen LogP contribution in [0.5, 0.6) is 5.75 Å². The van der Waals surface area contributed by atoms with Gasteiger partial charge in [-0.2, -0.15) is 5.26 Å². The topological polar surface area (TPSA) is 45.0 Å². The van der Waals surface area contributed by atoms with Gasteiger partial charge in [-0.3, -0.25) is 5.32 Å². The van der Waals surface area contributed by atoms with Crippen LogP contribution in [0.3, 0.4) is 0 Å². The summed E-state index contributed by atoms with van der Waals surface area (Å²) in [6.07, 6.45) is 2.21. The van der Waals surface area contributed by atoms with Crippen molar-refractivity contribution in [1.29, 1.82) is 5.26 Å². The van der Waals surface area contributed by atoms with Gasteiger partial charge in [-0.05, 0) is 37.9 Å². The average molecular weight is 262 g/mol. The van der Waals surface area contributed by atoms with Crippen molar-refractivity contribution in [2.45, 2.75) is 44.8 Å². The SMILES string of the molecule is CCNC1(C#N)CCC(Oc2ccc(C)c(F)c2)C1. The van der Waals surface area contributed by atoms with Crippen molar-refractivity contribution in [3.05, 3.63) is 29.6 Å². The Kier molecular flexibility index (Phi) is 4.06. The molecular formula is C15H19FN2O. The normalized spacial score (nSPS) is 26.1. The van der Waals surface area contributed by atoms with Crippen LogP contribution in [-0.2, 0) is 0 Å². The zero-order chi connectivity index (χ0) is 13.9. The fraction of sp³-hybridized carbons (Fsp3) is 0.533. The molecule has 0 saturated heterocycles. The Balaban J connectivity index is 2.02. The number of hydrogen-bond donors (Lipinski definition) is 1. The van der Waals surface area contributed by atoms with Crippen LogP contribution in [-0.4, -0.2) is 18.2 Å². The lowest BCUT2D eigenvalue weighted by Crippen LogP contribution is -2.42. The maximum atomic E-state index is 13.4. The highest BCUT2D eigenvalue weighted by molar-refractivity contribution is 5.28. The van der Waals surface area contributed by atoms with E-state index in [-0.39, 0.29) is 11.9 Å². The molecule has 1 aromatic rings. The molecule has 19 heavy (non-hydrogen) atoms. The standard InChI is InChI=1S/C15H19FN2O/c1-3-18-15(10-17)7-6-13(9-15)19-12-5-4-11(2)14(16)8-12/h4-5,8,13,18H,3,6-7,9H2,1-2H3. The molecule has 1 N–H and O–H groups in total. The van der Waals surface area contributed by atoms with Crippen LogP contribution in [0.1, 0.15) is 31.7 Å². The number of benzene rings is 1. The van der Waals surface area contributed by atoms with E-state index in [0.29, 0.717) is 17.7 Å². The summed E-state index contributed by atoms with van der Waals surface area (Å²) in [6, 6.07) is 7.25. The Hall–Kier alpha value is -1.60. The summed E-state index contributed by atoms with van der Waals surface area (Å²) in [4.78, 5) is 0. The van der Waals surface area contributed by atoms with E-state index in [4.69, 9.17) is 4.74 Å². The fourth-order valence-electron chi connectivity index (χ4n) is 2.58. The van der Waals surface area contributed by atoms with E-state index in [1.165, 1.54) is 6.07 Å². The Morgan fingerprint density at radius 2 is 2.37 bits per heavy atom. The molecule has 0 aliphatic heterocycles. The summed E-state index contributed by atoms with van der Waals surface area (Å²) >= 11 is 0. The van der Waals surface area contributed by atoms with Crippen molar-refractivity contribution in [3.8, 4) is 11.8 Å². The van der Waals surface area contributed by atoms with Crippen LogP contribution >= 0.6 is 0 Å². The van der Waals surface area contributed by atoms with E-state index in [1.807, 2.05) is 6.92 Å². The molecule has 0 aromatic heterocycles. The molecule has 0 heterocycles. The van der Waals surface area contributed by atoms with Gasteiger partial charge in [-0.15, -0.1) is 0 Å². The third-order valence-corrected chi connectivity index (χ3v) is 3.64. The fourth-order valence-corrected chi connectivity index (χ4v) is 2.58. The van der Waals surface area contributed by atoms with E-state index >= 15 is 0 Å². The molecule has 0 radical (unpaired) electrons. The molecule has 2 rings (SSSR count). The van der Waals surface area contributed by atoms with Crippen LogP contribution in [0.4, 0.5) is 4.39 Å². The first-order valence-corrected chi connectivity index (χ1v) is 6.67. The van der Waals surface area contributed by atoms with Crippen LogP contribution in [0.15, 0.2) is 18.2 Å². The number of hydrogen-bond acceptors (Lipinski definition) is 3. The molecule has 0 amide bonds. The highest BCUT2D eigenvalue weighted by Crippen LogP contribution is 2.32. The Morgan fingerprint density at radius 3 is 3.00 bits per heavy atom. The van der Waals surface area contributed by atoms with Crippen LogP contribution in [0, 0.1) is 24.1 Å². The second-order valence-corrected chi connectivity index (χ2v) is 5.12. The molecule has 0 bridgehead atoms. The Labute approximate surface area is 113 Å². The molecule has 1 saturated carbocycles. The molecule has 1 aliphatic carbocycles. The summed E-state index contributed by atoms with van der Waals surface area (Å²) in [6.45, 7) is 4.47. The zero-order valence-electron chi connectivity index (χ0n) is 11.4. The first-order chi connectivity index (χ1) is 9.08. The van der Waals surface area contributed by atoms with Gasteiger partial charge in [0, 0.05) is 12.5 Å². The number of nitrogens with zero attached hydrogens (tertiary/aromatic N) is 1. The minimum atomic E-state index is -0.483. The van der Waals surface area contributed by atoms with Gasteiger partial charge in [0.15, 0.2) is 0 Å². The molecule has 4 heteroatoms. The number of aryl methyl sites for hydroxylation is 1. The predicted octanol–water partition coefficient (Wildman–Crippen LogP) is 2.94. The first-order valence-electron chi connectivity index (χ1n) is 6.67. The van der Waals surface area contributed by atoms with Gasteiger partial charge in [0.25, 0.3) is 0 Å². The van der Waals surface area contributed by atoms with Crippen LogP contribution < -0.4 is 10.1 Å². The van der Waals surface area contributed by atoms with Crippen molar-refractivity contribution in [3.63, 3.8) is 0 Å². The molecule has 3 nitrogen and oxygen atoms in total. The molecule has 1 aromatic carbocycles. The summed E-state index contributed by atoms with van der Waals surface area (Å²) in [5, 5.41) is 12.5. The molecule has 1 fully saturated rings. The third-order valence-electron chi connectivity index (χ3n) is 3.64. The molecular weight excluding hydrogens is 243 g/mol. The largest absolute Gasteiger partial charge is 0.490 e. The van der Waals surface area contributed by atoms with Crippen molar-refractivity contribution in [2.75, 3.05) is 6.54 Å². The predicted molar refractivity (Wildman–Crippen MR) is 71.4 cm³/mol. The van der Waals surface area contributed by atoms with Gasteiger partial charge in [0.2, 0.25) is 0 Å². The van der Waals surface area contributed by atoms with E-state index < -0.39 is 5.54 Å². The first kappa shape index (κ1) is 13.8. The second-order valence-electron chi connectivity index (χ2n) is 5.12. The van der Waals surface area contributed by atoms with E-state index in [9.17, 15) is 9.65 Å². The molecule has 2 atom stereocenters. The average Bonchev–Trinajstić information content (AvgIpc) is 2.78. The van der Waals surface area contributed by atoms with Gasteiger partial charge in [-0.1, -0.05) is 13.0 Å². The number of rotatable bonds is 4. The number of ether oxygens (including phenoxy) is 1. The second kappa shape index (κ2) is 5.58. The maximum absolute atomic E-state index is 13.4. The number of nitrogens with one attached hydrogen (secondary N) is 1. The highest BCUT2D eigenvalue weighted by atomic mass is 19.1. The molecule has 2 unspecified atom stereocenters. The number of halogens is 1. The van der Waals surface area contributed by atoms with Gasteiger partial charge >= 0.3 is 0 Å². The Bertz CT molecular complexity index is 497. The molecule has 1 aliphatic rings. The van der Waals surface area contributed by atoms with E-state index in [2.05, 4.69) is 11.4 Å². The summed E-state index contributed by atoms with van der Waals surface area (Å²) in [5.74, 6) is 0.284. The van der Waals surface area contributed by atoms with Crippen molar-refractivity contribution in [1.82, 2.24) is 5.32 Å². The van der Waals surface area contributed by atoms with E-state index in [1.54, 1.807) is 19.1 Å². The maximum Gasteiger partial charge on any atom is 0.129 e. The summed E-state index contributed by atoms with van der Waals surface area (Å²) in [5.41, 5.74) is 0.126. The van der Waals surface area contributed by atoms with Gasteiger partial charge in [0.05, 0.1) is 6.07 Å². The lowest BCUT2D eigenvalue weighted by atomic mass is 10.00. The minimum absolute atomic E-state index is 0.0270. The Morgan fingerprint density at radius 1 is 1.58 bits per heavy atom. The van der Waals surface area contributed by atoms with Crippen LogP contribution in [0.2, 0.25) is 0 Å². The van der Waals surface area contributed by atoms with Crippen molar-refractivity contribution < 1.29 is 9.13 Å². The zero-order valence-corrected chi connectivity index (χ0v) is 11.4. The van der Waals surface area contributed by atoms with Gasteiger partial charge in [-0.25, -0.2) is 4.39 Å². The third kappa shape index (κ3) is 3.05. The lowest BCUT2D eigenvalue weighted by molar-refractivity contribution is 0.200. The smallest absolute Gasteiger partial charge is 0.129 e. The number of nitriles is 1. The molecule has 0 spiro atoms.